The first-order chi connectivity index (χ1) is 21.3. The molecule has 0 amide bonds. The van der Waals surface area contributed by atoms with Crippen LogP contribution in [0.25, 0.3) is 45.0 Å². The molecule has 4 nitrogen and oxygen atoms in total. The molecule has 0 aliphatic carbocycles. The first-order valence-electron chi connectivity index (χ1n) is 15.1. The predicted molar refractivity (Wildman–Crippen MR) is 187 cm³/mol. The van der Waals surface area contributed by atoms with Gasteiger partial charge < -0.3 is 0 Å². The molecule has 0 fully saturated rings. The van der Waals surface area contributed by atoms with Gasteiger partial charge in [-0.15, -0.1) is 0 Å². The van der Waals surface area contributed by atoms with Crippen LogP contribution >= 0.6 is 0 Å². The van der Waals surface area contributed by atoms with Crippen molar-refractivity contribution in [3.8, 4) is 45.0 Å². The van der Waals surface area contributed by atoms with E-state index in [1.807, 2.05) is 13.8 Å². The molecule has 4 heteroatoms. The second-order valence-corrected chi connectivity index (χ2v) is 11.7. The van der Waals surface area contributed by atoms with E-state index >= 15 is 0 Å². The van der Waals surface area contributed by atoms with Crippen molar-refractivity contribution in [1.82, 2.24) is 9.35 Å². The van der Waals surface area contributed by atoms with Crippen LogP contribution in [0.3, 0.4) is 0 Å². The average molecular weight is 575 g/mol. The Morgan fingerprint density at radius 3 is 0.750 bits per heavy atom. The molecule has 218 valence electrons. The third kappa shape index (κ3) is 5.97. The van der Waals surface area contributed by atoms with Crippen molar-refractivity contribution in [1.29, 1.82) is 0 Å². The molecule has 0 aliphatic heterocycles. The van der Waals surface area contributed by atoms with Gasteiger partial charge >= 0.3 is 0 Å². The minimum Gasteiger partial charge on any atom is -0.232 e. The standard InChI is InChI=1S/C40H38N4/c1-27-7-15-33(16-8-27)37-23-24-38(34-17-9-28(2)10-18-34)43(37)41-31(5)32(6)42-44-39(35-19-11-29(3)12-20-35)25-26-40(44)36-21-13-30(4)14-22-36/h7-26H,1-6H3. The van der Waals surface area contributed by atoms with Gasteiger partial charge in [-0.3, -0.25) is 0 Å². The van der Waals surface area contributed by atoms with Crippen LogP contribution in [-0.2, 0) is 0 Å². The van der Waals surface area contributed by atoms with Gasteiger partial charge in [-0.25, -0.2) is 9.35 Å². The van der Waals surface area contributed by atoms with E-state index in [0.717, 1.165) is 56.5 Å². The Bertz CT molecular complexity index is 1690. The SMILES string of the molecule is CC(=Nn1c(-c2ccc(C)cc2)ccc1-c1ccc(C)cc1)C(C)=Nn1c(-c2ccc(C)cc2)ccc1-c1ccc(C)cc1. The maximum atomic E-state index is 5.21. The number of benzene rings is 4. The Kier molecular flexibility index (Phi) is 7.99. The molecular weight excluding hydrogens is 536 g/mol. The molecular formula is C40H38N4. The maximum absolute atomic E-state index is 5.21. The molecule has 6 rings (SSSR count). The van der Waals surface area contributed by atoms with Gasteiger partial charge in [0.1, 0.15) is 0 Å². The van der Waals surface area contributed by atoms with Gasteiger partial charge in [0.15, 0.2) is 0 Å². The minimum absolute atomic E-state index is 0.835. The lowest BCUT2D eigenvalue weighted by Crippen LogP contribution is -2.12. The lowest BCUT2D eigenvalue weighted by molar-refractivity contribution is 0.894. The number of hydrogen-bond acceptors (Lipinski definition) is 2. The molecule has 0 bridgehead atoms. The van der Waals surface area contributed by atoms with Crippen molar-refractivity contribution in [2.75, 3.05) is 0 Å². The summed E-state index contributed by atoms with van der Waals surface area (Å²) in [5.41, 5.74) is 15.2. The van der Waals surface area contributed by atoms with Gasteiger partial charge in [-0.2, -0.15) is 10.2 Å². The van der Waals surface area contributed by atoms with Gasteiger partial charge in [0.05, 0.1) is 34.2 Å². The fraction of sp³-hybridized carbons (Fsp3) is 0.150. The molecule has 2 heterocycles. The Morgan fingerprint density at radius 2 is 0.545 bits per heavy atom. The van der Waals surface area contributed by atoms with Crippen molar-refractivity contribution in [3.63, 3.8) is 0 Å². The number of hydrogen-bond donors (Lipinski definition) is 0. The summed E-state index contributed by atoms with van der Waals surface area (Å²) in [7, 11) is 0. The van der Waals surface area contributed by atoms with Crippen LogP contribution in [0, 0.1) is 27.7 Å². The molecule has 0 saturated carbocycles. The van der Waals surface area contributed by atoms with Crippen LogP contribution in [0.1, 0.15) is 36.1 Å². The predicted octanol–water partition coefficient (Wildman–Crippen LogP) is 10.3. The average Bonchev–Trinajstić information content (AvgIpc) is 3.63. The number of aromatic nitrogens is 2. The Balaban J connectivity index is 1.48. The summed E-state index contributed by atoms with van der Waals surface area (Å²) in [5, 5.41) is 10.4. The molecule has 6 aromatic rings. The fourth-order valence-electron chi connectivity index (χ4n) is 5.29. The van der Waals surface area contributed by atoms with Crippen molar-refractivity contribution < 1.29 is 0 Å². The highest BCUT2D eigenvalue weighted by atomic mass is 15.4. The van der Waals surface area contributed by atoms with Crippen LogP contribution in [0.2, 0.25) is 0 Å². The Labute approximate surface area is 260 Å². The van der Waals surface area contributed by atoms with Gasteiger partial charge in [0.2, 0.25) is 0 Å². The maximum Gasteiger partial charge on any atom is 0.0812 e. The van der Waals surface area contributed by atoms with Crippen molar-refractivity contribution in [2.45, 2.75) is 41.5 Å². The van der Waals surface area contributed by atoms with E-state index in [2.05, 4.69) is 158 Å². The van der Waals surface area contributed by atoms with E-state index in [4.69, 9.17) is 10.2 Å². The van der Waals surface area contributed by atoms with Gasteiger partial charge in [0.25, 0.3) is 0 Å². The second-order valence-electron chi connectivity index (χ2n) is 11.7. The highest BCUT2D eigenvalue weighted by molar-refractivity contribution is 6.40. The van der Waals surface area contributed by atoms with Crippen LogP contribution < -0.4 is 0 Å². The summed E-state index contributed by atoms with van der Waals surface area (Å²) < 4.78 is 4.11. The summed E-state index contributed by atoms with van der Waals surface area (Å²) in [6.45, 7) is 12.5. The van der Waals surface area contributed by atoms with Crippen molar-refractivity contribution >= 4 is 11.4 Å². The first-order valence-corrected chi connectivity index (χ1v) is 15.1. The van der Waals surface area contributed by atoms with Crippen LogP contribution in [0.4, 0.5) is 0 Å². The summed E-state index contributed by atoms with van der Waals surface area (Å²) in [5.74, 6) is 0. The summed E-state index contributed by atoms with van der Waals surface area (Å²) in [4.78, 5) is 0. The summed E-state index contributed by atoms with van der Waals surface area (Å²) in [6, 6.07) is 43.1. The monoisotopic (exact) mass is 574 g/mol. The van der Waals surface area contributed by atoms with Crippen molar-refractivity contribution in [3.05, 3.63) is 144 Å². The van der Waals surface area contributed by atoms with Crippen LogP contribution in [0.5, 0.6) is 0 Å². The molecule has 0 atom stereocenters. The summed E-state index contributed by atoms with van der Waals surface area (Å²) >= 11 is 0. The van der Waals surface area contributed by atoms with Gasteiger partial charge in [0, 0.05) is 22.3 Å². The quantitative estimate of drug-likeness (QED) is 0.170. The van der Waals surface area contributed by atoms with E-state index in [0.29, 0.717) is 0 Å². The zero-order valence-electron chi connectivity index (χ0n) is 26.3. The molecule has 44 heavy (non-hydrogen) atoms. The van der Waals surface area contributed by atoms with E-state index in [-0.39, 0.29) is 0 Å². The third-order valence-electron chi connectivity index (χ3n) is 8.12. The van der Waals surface area contributed by atoms with Gasteiger partial charge in [-0.1, -0.05) is 119 Å². The topological polar surface area (TPSA) is 34.6 Å². The molecule has 4 aromatic carbocycles. The Hall–Kier alpha value is -5.22. The van der Waals surface area contributed by atoms with Gasteiger partial charge in [-0.05, 0) is 65.8 Å². The summed E-state index contributed by atoms with van der Waals surface area (Å²) in [6.07, 6.45) is 0. The fourth-order valence-corrected chi connectivity index (χ4v) is 5.29. The van der Waals surface area contributed by atoms with Crippen LogP contribution in [-0.4, -0.2) is 20.8 Å². The lowest BCUT2D eigenvalue weighted by atomic mass is 10.1. The Morgan fingerprint density at radius 1 is 0.341 bits per heavy atom. The van der Waals surface area contributed by atoms with E-state index in [1.54, 1.807) is 0 Å². The third-order valence-corrected chi connectivity index (χ3v) is 8.12. The zero-order chi connectivity index (χ0) is 30.8. The highest BCUT2D eigenvalue weighted by Crippen LogP contribution is 2.31. The number of nitrogens with zero attached hydrogens (tertiary/aromatic N) is 4. The second kappa shape index (κ2) is 12.2. The zero-order valence-corrected chi connectivity index (χ0v) is 26.3. The molecule has 0 saturated heterocycles. The molecule has 0 aliphatic rings. The molecule has 0 N–H and O–H groups in total. The smallest absolute Gasteiger partial charge is 0.0812 e. The highest BCUT2D eigenvalue weighted by Gasteiger charge is 2.15. The van der Waals surface area contributed by atoms with E-state index in [9.17, 15) is 0 Å². The van der Waals surface area contributed by atoms with E-state index in [1.165, 1.54) is 22.3 Å². The minimum atomic E-state index is 0.835. The molecule has 0 radical (unpaired) electrons. The molecule has 2 aromatic heterocycles. The number of rotatable bonds is 7. The van der Waals surface area contributed by atoms with E-state index < -0.39 is 0 Å². The molecule has 0 unspecified atom stereocenters. The normalized spacial score (nSPS) is 12.1. The van der Waals surface area contributed by atoms with Crippen molar-refractivity contribution in [2.24, 2.45) is 10.2 Å². The largest absolute Gasteiger partial charge is 0.232 e. The molecule has 0 spiro atoms. The van der Waals surface area contributed by atoms with Crippen LogP contribution in [0.15, 0.2) is 132 Å². The lowest BCUT2D eigenvalue weighted by Gasteiger charge is -2.13. The first kappa shape index (κ1) is 28.9. The number of aryl methyl sites for hydroxylation is 4.